The minimum atomic E-state index is -0.610. The molecule has 1 aliphatic rings. The van der Waals surface area contributed by atoms with Crippen molar-refractivity contribution in [1.29, 1.82) is 0 Å². The van der Waals surface area contributed by atoms with Gasteiger partial charge in [0, 0.05) is 16.6 Å². The van der Waals surface area contributed by atoms with Gasteiger partial charge in [-0.25, -0.2) is 0 Å². The molecule has 1 aromatic carbocycles. The van der Waals surface area contributed by atoms with Gasteiger partial charge in [0.2, 0.25) is 0 Å². The van der Waals surface area contributed by atoms with Crippen LogP contribution < -0.4 is 5.73 Å². The zero-order valence-electron chi connectivity index (χ0n) is 7.91. The molecule has 1 aliphatic carbocycles. The van der Waals surface area contributed by atoms with Crippen molar-refractivity contribution in [3.8, 4) is 0 Å². The van der Waals surface area contributed by atoms with E-state index in [0.29, 0.717) is 5.02 Å². The predicted octanol–water partition coefficient (Wildman–Crippen LogP) is 2.04. The Hall–Kier alpha value is -0.570. The maximum absolute atomic E-state index is 9.98. The molecule has 0 saturated carbocycles. The molecule has 2 atom stereocenters. The molecule has 0 aliphatic heterocycles. The lowest BCUT2D eigenvalue weighted by atomic mass is 9.99. The first-order valence-electron chi connectivity index (χ1n) is 4.91. The number of benzene rings is 1. The van der Waals surface area contributed by atoms with E-state index in [4.69, 9.17) is 17.3 Å². The van der Waals surface area contributed by atoms with Crippen LogP contribution >= 0.6 is 11.6 Å². The van der Waals surface area contributed by atoms with E-state index in [-0.39, 0.29) is 6.04 Å². The molecule has 0 unspecified atom stereocenters. The number of aliphatic hydroxyl groups is 1. The van der Waals surface area contributed by atoms with Crippen molar-refractivity contribution in [3.63, 3.8) is 0 Å². The lowest BCUT2D eigenvalue weighted by Gasteiger charge is -2.18. The largest absolute Gasteiger partial charge is 0.387 e. The van der Waals surface area contributed by atoms with E-state index in [2.05, 4.69) is 0 Å². The molecule has 0 bridgehead atoms. The summed E-state index contributed by atoms with van der Waals surface area (Å²) in [6.07, 6.45) is 2.22. The molecule has 0 fully saturated rings. The summed E-state index contributed by atoms with van der Waals surface area (Å²) in [4.78, 5) is 0. The number of nitrogens with two attached hydrogens (primary N) is 1. The Morgan fingerprint density at radius 1 is 1.43 bits per heavy atom. The van der Waals surface area contributed by atoms with Crippen molar-refractivity contribution >= 4 is 11.6 Å². The Bertz CT molecular complexity index is 340. The smallest absolute Gasteiger partial charge is 0.0957 e. The van der Waals surface area contributed by atoms with Gasteiger partial charge < -0.3 is 10.8 Å². The van der Waals surface area contributed by atoms with E-state index >= 15 is 0 Å². The van der Waals surface area contributed by atoms with Crippen LogP contribution in [0.4, 0.5) is 0 Å². The molecule has 3 N–H and O–H groups in total. The first kappa shape index (κ1) is 9.97. The Morgan fingerprint density at radius 2 is 2.21 bits per heavy atom. The minimum absolute atomic E-state index is 0.184. The maximum Gasteiger partial charge on any atom is 0.0957 e. The van der Waals surface area contributed by atoms with E-state index < -0.39 is 6.10 Å². The molecule has 2 nitrogen and oxygen atoms in total. The molecule has 14 heavy (non-hydrogen) atoms. The Morgan fingerprint density at radius 3 is 3.00 bits per heavy atom. The van der Waals surface area contributed by atoms with Crippen LogP contribution in [0.2, 0.25) is 5.02 Å². The Balaban J connectivity index is 2.49. The number of hydrogen-bond donors (Lipinski definition) is 2. The highest BCUT2D eigenvalue weighted by molar-refractivity contribution is 6.31. The van der Waals surface area contributed by atoms with E-state index in [1.807, 2.05) is 18.2 Å². The van der Waals surface area contributed by atoms with Crippen LogP contribution in [0.15, 0.2) is 18.2 Å². The maximum atomic E-state index is 9.98. The standard InChI is InChI=1S/C11H14ClNO/c12-8-5-1-3-7-4-2-6-9(13)11(14)10(7)8/h1,3,5,9,11,14H,2,4,6,13H2/t9-,11-/m1/s1. The minimum Gasteiger partial charge on any atom is -0.387 e. The van der Waals surface area contributed by atoms with Crippen LogP contribution in [0, 0.1) is 0 Å². The number of aryl methyl sites for hydroxylation is 1. The third kappa shape index (κ3) is 1.65. The van der Waals surface area contributed by atoms with Gasteiger partial charge in [-0.1, -0.05) is 23.7 Å². The van der Waals surface area contributed by atoms with E-state index in [1.54, 1.807) is 0 Å². The zero-order valence-corrected chi connectivity index (χ0v) is 8.67. The van der Waals surface area contributed by atoms with Crippen LogP contribution in [-0.2, 0) is 6.42 Å². The van der Waals surface area contributed by atoms with Crippen LogP contribution in [0.5, 0.6) is 0 Å². The van der Waals surface area contributed by atoms with Gasteiger partial charge in [0.15, 0.2) is 0 Å². The number of aliphatic hydroxyl groups excluding tert-OH is 1. The van der Waals surface area contributed by atoms with Crippen LogP contribution in [-0.4, -0.2) is 11.1 Å². The molecule has 0 heterocycles. The fourth-order valence-electron chi connectivity index (χ4n) is 2.03. The summed E-state index contributed by atoms with van der Waals surface area (Å²) in [6.45, 7) is 0. The highest BCUT2D eigenvalue weighted by atomic mass is 35.5. The molecule has 0 saturated heterocycles. The molecule has 1 aromatic rings. The van der Waals surface area contributed by atoms with Gasteiger partial charge in [0.1, 0.15) is 0 Å². The van der Waals surface area contributed by atoms with Crippen molar-refractivity contribution in [2.45, 2.75) is 31.4 Å². The van der Waals surface area contributed by atoms with Crippen molar-refractivity contribution in [1.82, 2.24) is 0 Å². The van der Waals surface area contributed by atoms with E-state index in [9.17, 15) is 5.11 Å². The molecule has 0 amide bonds. The third-order valence-corrected chi connectivity index (χ3v) is 3.16. The summed E-state index contributed by atoms with van der Waals surface area (Å²) in [6, 6.07) is 5.56. The zero-order chi connectivity index (χ0) is 10.1. The molecule has 0 radical (unpaired) electrons. The summed E-state index contributed by atoms with van der Waals surface area (Å²) in [5.41, 5.74) is 7.82. The van der Waals surface area contributed by atoms with Gasteiger partial charge in [-0.05, 0) is 30.9 Å². The predicted molar refractivity (Wildman–Crippen MR) is 57.3 cm³/mol. The Labute approximate surface area is 88.7 Å². The molecule has 2 rings (SSSR count). The fourth-order valence-corrected chi connectivity index (χ4v) is 2.34. The normalized spacial score (nSPS) is 26.8. The van der Waals surface area contributed by atoms with Gasteiger partial charge >= 0.3 is 0 Å². The monoisotopic (exact) mass is 211 g/mol. The number of halogens is 1. The van der Waals surface area contributed by atoms with Crippen molar-refractivity contribution in [2.24, 2.45) is 5.73 Å². The summed E-state index contributed by atoms with van der Waals surface area (Å²) in [5.74, 6) is 0. The van der Waals surface area contributed by atoms with Gasteiger partial charge in [0.25, 0.3) is 0 Å². The lowest BCUT2D eigenvalue weighted by molar-refractivity contribution is 0.144. The molecular formula is C11H14ClNO. The van der Waals surface area contributed by atoms with Gasteiger partial charge in [-0.2, -0.15) is 0 Å². The first-order valence-corrected chi connectivity index (χ1v) is 5.29. The second-order valence-corrected chi connectivity index (χ2v) is 4.22. The van der Waals surface area contributed by atoms with Gasteiger partial charge in [0.05, 0.1) is 6.10 Å². The number of rotatable bonds is 0. The summed E-state index contributed by atoms with van der Waals surface area (Å²) in [7, 11) is 0. The second kappa shape index (κ2) is 3.89. The third-order valence-electron chi connectivity index (χ3n) is 2.83. The second-order valence-electron chi connectivity index (χ2n) is 3.81. The van der Waals surface area contributed by atoms with Gasteiger partial charge in [-0.3, -0.25) is 0 Å². The van der Waals surface area contributed by atoms with Crippen LogP contribution in [0.25, 0.3) is 0 Å². The summed E-state index contributed by atoms with van der Waals surface area (Å²) in [5, 5.41) is 10.6. The molecular weight excluding hydrogens is 198 g/mol. The molecule has 0 aromatic heterocycles. The topological polar surface area (TPSA) is 46.2 Å². The SMILES string of the molecule is N[C@@H]1CCCc2cccc(Cl)c2[C@@H]1O. The molecule has 3 heteroatoms. The number of fused-ring (bicyclic) bond motifs is 1. The van der Waals surface area contributed by atoms with Crippen molar-refractivity contribution < 1.29 is 5.11 Å². The average molecular weight is 212 g/mol. The number of hydrogen-bond acceptors (Lipinski definition) is 2. The highest BCUT2D eigenvalue weighted by Crippen LogP contribution is 2.33. The van der Waals surface area contributed by atoms with Crippen LogP contribution in [0.1, 0.15) is 30.1 Å². The molecule has 76 valence electrons. The van der Waals surface area contributed by atoms with E-state index in [0.717, 1.165) is 30.4 Å². The average Bonchev–Trinajstić information content (AvgIpc) is 2.29. The first-order chi connectivity index (χ1) is 6.70. The van der Waals surface area contributed by atoms with Crippen molar-refractivity contribution in [2.75, 3.05) is 0 Å². The Kier molecular flexibility index (Phi) is 2.77. The summed E-state index contributed by atoms with van der Waals surface area (Å²) < 4.78 is 0. The highest BCUT2D eigenvalue weighted by Gasteiger charge is 2.24. The van der Waals surface area contributed by atoms with Crippen LogP contribution in [0.3, 0.4) is 0 Å². The quantitative estimate of drug-likeness (QED) is 0.646. The van der Waals surface area contributed by atoms with E-state index in [1.165, 1.54) is 0 Å². The van der Waals surface area contributed by atoms with Gasteiger partial charge in [-0.15, -0.1) is 0 Å². The lowest BCUT2D eigenvalue weighted by Crippen LogP contribution is -2.27. The summed E-state index contributed by atoms with van der Waals surface area (Å²) >= 11 is 6.06. The van der Waals surface area contributed by atoms with Crippen molar-refractivity contribution in [3.05, 3.63) is 34.3 Å². The fraction of sp³-hybridized carbons (Fsp3) is 0.455. The molecule has 0 spiro atoms.